The molecule has 0 bridgehead atoms. The number of imidazole rings is 1. The summed E-state index contributed by atoms with van der Waals surface area (Å²) in [6, 6.07) is 6.52. The molecule has 2 heterocycles. The molecule has 0 unspecified atom stereocenters. The number of aromatic nitrogens is 2. The fourth-order valence-electron chi connectivity index (χ4n) is 2.12. The maximum absolute atomic E-state index is 12.2. The maximum atomic E-state index is 12.2. The largest absolute Gasteiger partial charge is 0.435 e. The number of halogens is 2. The average molecular weight is 309 g/mol. The molecule has 0 saturated heterocycles. The summed E-state index contributed by atoms with van der Waals surface area (Å²) in [5, 5.41) is 5.18. The summed E-state index contributed by atoms with van der Waals surface area (Å²) in [6.45, 7) is -0.308. The standard InChI is InChI=1S/C14H13F2N3OS/c1-9-12(19-5-6-21-14(19)18-9)8-17-10-3-2-4-11(7-10)20-13(15)16/h2-7,13,17H,8H2,1H3. The van der Waals surface area contributed by atoms with E-state index in [0.717, 1.165) is 22.0 Å². The molecule has 21 heavy (non-hydrogen) atoms. The van der Waals surface area contributed by atoms with Crippen LogP contribution in [0.4, 0.5) is 14.5 Å². The number of thiazole rings is 1. The van der Waals surface area contributed by atoms with Crippen LogP contribution in [0.15, 0.2) is 35.8 Å². The Balaban J connectivity index is 1.75. The molecule has 3 rings (SSSR count). The SMILES string of the molecule is Cc1nc2sccn2c1CNc1cccc(OC(F)F)c1. The van der Waals surface area contributed by atoms with Crippen LogP contribution in [-0.2, 0) is 6.54 Å². The Kier molecular flexibility index (Phi) is 3.74. The second kappa shape index (κ2) is 5.69. The van der Waals surface area contributed by atoms with Gasteiger partial charge in [0.05, 0.1) is 17.9 Å². The molecule has 0 aliphatic rings. The number of fused-ring (bicyclic) bond motifs is 1. The van der Waals surface area contributed by atoms with Gasteiger partial charge in [0.25, 0.3) is 0 Å². The number of alkyl halides is 2. The van der Waals surface area contributed by atoms with E-state index < -0.39 is 6.61 Å². The highest BCUT2D eigenvalue weighted by Crippen LogP contribution is 2.21. The van der Waals surface area contributed by atoms with Gasteiger partial charge in [-0.2, -0.15) is 8.78 Å². The van der Waals surface area contributed by atoms with Crippen molar-refractivity contribution < 1.29 is 13.5 Å². The van der Waals surface area contributed by atoms with E-state index in [2.05, 4.69) is 15.0 Å². The number of hydrogen-bond acceptors (Lipinski definition) is 4. The van der Waals surface area contributed by atoms with E-state index in [0.29, 0.717) is 6.54 Å². The maximum Gasteiger partial charge on any atom is 0.387 e. The van der Waals surface area contributed by atoms with Gasteiger partial charge < -0.3 is 10.1 Å². The van der Waals surface area contributed by atoms with E-state index in [1.165, 1.54) is 6.07 Å². The van der Waals surface area contributed by atoms with Gasteiger partial charge in [-0.15, -0.1) is 11.3 Å². The predicted molar refractivity (Wildman–Crippen MR) is 78.2 cm³/mol. The average Bonchev–Trinajstić information content (AvgIpc) is 2.97. The molecule has 2 aromatic heterocycles. The van der Waals surface area contributed by atoms with Gasteiger partial charge in [-0.1, -0.05) is 6.07 Å². The summed E-state index contributed by atoms with van der Waals surface area (Å²) in [5.74, 6) is 0.140. The lowest BCUT2D eigenvalue weighted by molar-refractivity contribution is -0.0498. The third-order valence-corrected chi connectivity index (χ3v) is 3.84. The van der Waals surface area contributed by atoms with Crippen molar-refractivity contribution in [1.29, 1.82) is 0 Å². The number of rotatable bonds is 5. The molecule has 7 heteroatoms. The number of hydrogen-bond donors (Lipinski definition) is 1. The summed E-state index contributed by atoms with van der Waals surface area (Å²) in [7, 11) is 0. The van der Waals surface area contributed by atoms with Crippen LogP contribution in [0.25, 0.3) is 4.96 Å². The topological polar surface area (TPSA) is 38.6 Å². The van der Waals surface area contributed by atoms with E-state index in [1.54, 1.807) is 29.5 Å². The van der Waals surface area contributed by atoms with Crippen molar-refractivity contribution in [2.24, 2.45) is 0 Å². The quantitative estimate of drug-likeness (QED) is 0.776. The predicted octanol–water partition coefficient (Wildman–Crippen LogP) is 3.92. The van der Waals surface area contributed by atoms with Gasteiger partial charge in [-0.3, -0.25) is 4.40 Å². The van der Waals surface area contributed by atoms with Gasteiger partial charge in [0.2, 0.25) is 0 Å². The number of anilines is 1. The normalized spacial score (nSPS) is 11.2. The molecule has 1 N–H and O–H groups in total. The van der Waals surface area contributed by atoms with Crippen molar-refractivity contribution in [2.75, 3.05) is 5.32 Å². The Hall–Kier alpha value is -2.15. The lowest BCUT2D eigenvalue weighted by Gasteiger charge is -2.09. The minimum absolute atomic E-state index is 0.140. The Morgan fingerprint density at radius 1 is 1.43 bits per heavy atom. The van der Waals surface area contributed by atoms with Gasteiger partial charge >= 0.3 is 6.61 Å². The smallest absolute Gasteiger partial charge is 0.387 e. The van der Waals surface area contributed by atoms with Crippen LogP contribution in [-0.4, -0.2) is 16.0 Å². The van der Waals surface area contributed by atoms with Crippen LogP contribution in [0.2, 0.25) is 0 Å². The van der Waals surface area contributed by atoms with Crippen molar-refractivity contribution in [3.05, 3.63) is 47.2 Å². The Morgan fingerprint density at radius 3 is 3.10 bits per heavy atom. The van der Waals surface area contributed by atoms with E-state index >= 15 is 0 Å². The molecule has 1 aromatic carbocycles. The second-order valence-corrected chi connectivity index (χ2v) is 5.33. The molecule has 0 saturated carbocycles. The number of nitrogens with zero attached hydrogens (tertiary/aromatic N) is 2. The van der Waals surface area contributed by atoms with Gasteiger partial charge in [-0.25, -0.2) is 4.98 Å². The molecule has 0 fully saturated rings. The molecule has 3 aromatic rings. The van der Waals surface area contributed by atoms with E-state index in [1.807, 2.05) is 22.9 Å². The fourth-order valence-corrected chi connectivity index (χ4v) is 2.90. The molecule has 4 nitrogen and oxygen atoms in total. The van der Waals surface area contributed by atoms with Crippen molar-refractivity contribution >= 4 is 22.0 Å². The third kappa shape index (κ3) is 2.97. The molecule has 0 aliphatic carbocycles. The van der Waals surface area contributed by atoms with Crippen LogP contribution in [0, 0.1) is 6.92 Å². The number of benzene rings is 1. The summed E-state index contributed by atoms with van der Waals surface area (Å²) >= 11 is 1.57. The van der Waals surface area contributed by atoms with E-state index in [-0.39, 0.29) is 5.75 Å². The first-order chi connectivity index (χ1) is 10.1. The van der Waals surface area contributed by atoms with Gasteiger partial charge in [0, 0.05) is 23.3 Å². The highest BCUT2D eigenvalue weighted by Gasteiger charge is 2.09. The molecule has 0 amide bonds. The Morgan fingerprint density at radius 2 is 2.29 bits per heavy atom. The molecule has 0 radical (unpaired) electrons. The van der Waals surface area contributed by atoms with Crippen molar-refractivity contribution in [2.45, 2.75) is 20.1 Å². The van der Waals surface area contributed by atoms with Crippen LogP contribution in [0.3, 0.4) is 0 Å². The summed E-state index contributed by atoms with van der Waals surface area (Å²) in [6.07, 6.45) is 1.97. The molecular formula is C14H13F2N3OS. The third-order valence-electron chi connectivity index (χ3n) is 3.08. The van der Waals surface area contributed by atoms with Crippen LogP contribution < -0.4 is 10.1 Å². The first-order valence-electron chi connectivity index (χ1n) is 6.33. The van der Waals surface area contributed by atoms with Gasteiger partial charge in [0.1, 0.15) is 5.75 Å². The highest BCUT2D eigenvalue weighted by molar-refractivity contribution is 7.15. The van der Waals surface area contributed by atoms with Crippen LogP contribution >= 0.6 is 11.3 Å². The van der Waals surface area contributed by atoms with Crippen LogP contribution in [0.1, 0.15) is 11.4 Å². The fraction of sp³-hybridized carbons (Fsp3) is 0.214. The summed E-state index contributed by atoms with van der Waals surface area (Å²) < 4.78 is 30.8. The molecule has 0 aliphatic heterocycles. The zero-order valence-electron chi connectivity index (χ0n) is 11.2. The molecule has 110 valence electrons. The number of ether oxygens (including phenoxy) is 1. The molecule has 0 atom stereocenters. The van der Waals surface area contributed by atoms with Crippen molar-refractivity contribution in [1.82, 2.24) is 9.38 Å². The van der Waals surface area contributed by atoms with Gasteiger partial charge in [-0.05, 0) is 19.1 Å². The molecular weight excluding hydrogens is 296 g/mol. The Bertz CT molecular complexity index is 754. The van der Waals surface area contributed by atoms with Crippen molar-refractivity contribution in [3.63, 3.8) is 0 Å². The van der Waals surface area contributed by atoms with Crippen LogP contribution in [0.5, 0.6) is 5.75 Å². The number of aryl methyl sites for hydroxylation is 1. The lowest BCUT2D eigenvalue weighted by Crippen LogP contribution is -2.05. The zero-order chi connectivity index (χ0) is 14.8. The lowest BCUT2D eigenvalue weighted by atomic mass is 10.3. The van der Waals surface area contributed by atoms with Crippen molar-refractivity contribution in [3.8, 4) is 5.75 Å². The van der Waals surface area contributed by atoms with E-state index in [9.17, 15) is 8.78 Å². The minimum Gasteiger partial charge on any atom is -0.435 e. The number of nitrogens with one attached hydrogen (secondary N) is 1. The first kappa shape index (κ1) is 13.8. The van der Waals surface area contributed by atoms with Gasteiger partial charge in [0.15, 0.2) is 4.96 Å². The minimum atomic E-state index is -2.82. The highest BCUT2D eigenvalue weighted by atomic mass is 32.1. The monoisotopic (exact) mass is 309 g/mol. The Labute approximate surface area is 124 Å². The molecule has 0 spiro atoms. The van der Waals surface area contributed by atoms with E-state index in [4.69, 9.17) is 0 Å². The first-order valence-corrected chi connectivity index (χ1v) is 7.21. The summed E-state index contributed by atoms with van der Waals surface area (Å²) in [4.78, 5) is 5.40. The summed E-state index contributed by atoms with van der Waals surface area (Å²) in [5.41, 5.74) is 2.72. The second-order valence-electron chi connectivity index (χ2n) is 4.46. The zero-order valence-corrected chi connectivity index (χ0v) is 12.0.